The first-order chi connectivity index (χ1) is 9.04. The van der Waals surface area contributed by atoms with E-state index in [0.717, 1.165) is 5.69 Å². The van der Waals surface area contributed by atoms with Crippen LogP contribution in [0, 0.1) is 0 Å². The molecule has 19 heavy (non-hydrogen) atoms. The van der Waals surface area contributed by atoms with Gasteiger partial charge in [0.15, 0.2) is 0 Å². The van der Waals surface area contributed by atoms with E-state index in [1.807, 2.05) is 13.2 Å². The molecule has 0 unspecified atom stereocenters. The maximum absolute atomic E-state index is 12.0. The molecular weight excluding hydrogens is 264 g/mol. The molecule has 0 saturated heterocycles. The topological polar surface area (TPSA) is 59.0 Å². The molecule has 1 heterocycles. The number of amides is 1. The van der Waals surface area contributed by atoms with Gasteiger partial charge in [0.2, 0.25) is 5.91 Å². The van der Waals surface area contributed by atoms with E-state index >= 15 is 0 Å². The van der Waals surface area contributed by atoms with E-state index in [-0.39, 0.29) is 11.9 Å². The second-order valence-electron chi connectivity index (χ2n) is 4.27. The molecule has 0 fully saturated rings. The molecule has 2 aromatic rings. The Labute approximate surface area is 116 Å². The number of aromatic nitrogens is 2. The van der Waals surface area contributed by atoms with Gasteiger partial charge in [0.05, 0.1) is 11.9 Å². The van der Waals surface area contributed by atoms with Crippen molar-refractivity contribution in [2.45, 2.75) is 13.0 Å². The number of nitrogens with zero attached hydrogens (tertiary/aromatic N) is 2. The van der Waals surface area contributed by atoms with E-state index in [1.54, 1.807) is 42.1 Å². The van der Waals surface area contributed by atoms with E-state index in [4.69, 9.17) is 11.6 Å². The van der Waals surface area contributed by atoms with Crippen molar-refractivity contribution in [2.24, 2.45) is 7.05 Å². The number of halogens is 1. The van der Waals surface area contributed by atoms with Gasteiger partial charge in [0, 0.05) is 24.0 Å². The Kier molecular flexibility index (Phi) is 4.06. The van der Waals surface area contributed by atoms with E-state index in [9.17, 15) is 4.79 Å². The normalized spacial score (nSPS) is 11.9. The quantitative estimate of drug-likeness (QED) is 0.903. The summed E-state index contributed by atoms with van der Waals surface area (Å²) in [6, 6.07) is 6.67. The third-order valence-corrected chi connectivity index (χ3v) is 2.81. The van der Waals surface area contributed by atoms with E-state index in [1.165, 1.54) is 0 Å². The number of carbonyl (C=O) groups excluding carboxylic acids is 1. The third-order valence-electron chi connectivity index (χ3n) is 2.57. The third kappa shape index (κ3) is 3.72. The van der Waals surface area contributed by atoms with Crippen LogP contribution < -0.4 is 10.6 Å². The fraction of sp³-hybridized carbons (Fsp3) is 0.231. The predicted octanol–water partition coefficient (Wildman–Crippen LogP) is 2.51. The van der Waals surface area contributed by atoms with Crippen LogP contribution in [-0.2, 0) is 11.8 Å². The van der Waals surface area contributed by atoms with Gasteiger partial charge in [-0.2, -0.15) is 5.10 Å². The fourth-order valence-electron chi connectivity index (χ4n) is 1.63. The molecule has 1 aromatic heterocycles. The Morgan fingerprint density at radius 1 is 1.42 bits per heavy atom. The fourth-order valence-corrected chi connectivity index (χ4v) is 1.82. The molecule has 5 nitrogen and oxygen atoms in total. The van der Waals surface area contributed by atoms with E-state index in [2.05, 4.69) is 15.7 Å². The van der Waals surface area contributed by atoms with Crippen molar-refractivity contribution >= 4 is 28.9 Å². The molecule has 1 atom stereocenters. The van der Waals surface area contributed by atoms with Crippen LogP contribution in [0.1, 0.15) is 6.92 Å². The Hall–Kier alpha value is -2.01. The lowest BCUT2D eigenvalue weighted by molar-refractivity contribution is -0.116. The zero-order valence-corrected chi connectivity index (χ0v) is 11.5. The Morgan fingerprint density at radius 3 is 2.84 bits per heavy atom. The van der Waals surface area contributed by atoms with Crippen LogP contribution in [0.3, 0.4) is 0 Å². The van der Waals surface area contributed by atoms with Crippen molar-refractivity contribution in [1.29, 1.82) is 0 Å². The van der Waals surface area contributed by atoms with Gasteiger partial charge >= 0.3 is 0 Å². The lowest BCUT2D eigenvalue weighted by Crippen LogP contribution is -2.31. The van der Waals surface area contributed by atoms with Gasteiger partial charge in [0.1, 0.15) is 6.04 Å². The number of hydrogen-bond acceptors (Lipinski definition) is 3. The molecule has 100 valence electrons. The number of rotatable bonds is 4. The summed E-state index contributed by atoms with van der Waals surface area (Å²) < 4.78 is 1.67. The lowest BCUT2D eigenvalue weighted by atomic mass is 10.2. The van der Waals surface area contributed by atoms with Crippen LogP contribution in [0.4, 0.5) is 11.4 Å². The van der Waals surface area contributed by atoms with Gasteiger partial charge in [-0.05, 0) is 25.1 Å². The average molecular weight is 279 g/mol. The number of benzene rings is 1. The van der Waals surface area contributed by atoms with Crippen molar-refractivity contribution in [3.8, 4) is 0 Å². The SMILES string of the molecule is C[C@@H](Nc1cnn(C)c1)C(=O)Nc1cccc(Cl)c1. The summed E-state index contributed by atoms with van der Waals surface area (Å²) in [7, 11) is 1.82. The van der Waals surface area contributed by atoms with Crippen molar-refractivity contribution < 1.29 is 4.79 Å². The van der Waals surface area contributed by atoms with Crippen molar-refractivity contribution in [3.05, 3.63) is 41.7 Å². The Balaban J connectivity index is 1.96. The highest BCUT2D eigenvalue weighted by atomic mass is 35.5. The van der Waals surface area contributed by atoms with Gasteiger partial charge in [-0.15, -0.1) is 0 Å². The molecule has 0 aliphatic heterocycles. The van der Waals surface area contributed by atoms with Gasteiger partial charge in [-0.3, -0.25) is 9.48 Å². The first kappa shape index (κ1) is 13.4. The van der Waals surface area contributed by atoms with Crippen molar-refractivity contribution in [1.82, 2.24) is 9.78 Å². The van der Waals surface area contributed by atoms with E-state index < -0.39 is 0 Å². The Bertz CT molecular complexity index is 582. The maximum Gasteiger partial charge on any atom is 0.246 e. The molecular formula is C13H15ClN4O. The minimum absolute atomic E-state index is 0.133. The number of carbonyl (C=O) groups is 1. The monoisotopic (exact) mass is 278 g/mol. The maximum atomic E-state index is 12.0. The summed E-state index contributed by atoms with van der Waals surface area (Å²) in [6.45, 7) is 1.78. The number of aryl methyl sites for hydroxylation is 1. The van der Waals surface area contributed by atoms with Crippen molar-refractivity contribution in [2.75, 3.05) is 10.6 Å². The van der Waals surface area contributed by atoms with Crippen molar-refractivity contribution in [3.63, 3.8) is 0 Å². The molecule has 0 saturated carbocycles. The number of nitrogens with one attached hydrogen (secondary N) is 2. The molecule has 2 N–H and O–H groups in total. The van der Waals surface area contributed by atoms with Crippen LogP contribution in [0.2, 0.25) is 5.02 Å². The van der Waals surface area contributed by atoms with Gasteiger partial charge in [0.25, 0.3) is 0 Å². The van der Waals surface area contributed by atoms with Crippen LogP contribution >= 0.6 is 11.6 Å². The first-order valence-corrected chi connectivity index (χ1v) is 6.24. The summed E-state index contributed by atoms with van der Waals surface area (Å²) in [5.74, 6) is -0.133. The summed E-state index contributed by atoms with van der Waals surface area (Å²) >= 11 is 5.86. The molecule has 6 heteroatoms. The molecule has 0 radical (unpaired) electrons. The molecule has 1 aromatic carbocycles. The number of hydrogen-bond donors (Lipinski definition) is 2. The lowest BCUT2D eigenvalue weighted by Gasteiger charge is -2.13. The van der Waals surface area contributed by atoms with Crippen LogP contribution in [0.25, 0.3) is 0 Å². The van der Waals surface area contributed by atoms with Gasteiger partial charge in [-0.1, -0.05) is 17.7 Å². The standard InChI is InChI=1S/C13H15ClN4O/c1-9(16-12-7-15-18(2)8-12)13(19)17-11-5-3-4-10(14)6-11/h3-9,16H,1-2H3,(H,17,19)/t9-/m1/s1. The van der Waals surface area contributed by atoms with E-state index in [0.29, 0.717) is 10.7 Å². The number of anilines is 2. The molecule has 1 amide bonds. The minimum Gasteiger partial charge on any atom is -0.371 e. The molecule has 0 aliphatic carbocycles. The largest absolute Gasteiger partial charge is 0.371 e. The summed E-state index contributed by atoms with van der Waals surface area (Å²) in [6.07, 6.45) is 3.48. The van der Waals surface area contributed by atoms with Crippen LogP contribution in [0.5, 0.6) is 0 Å². The molecule has 2 rings (SSSR count). The first-order valence-electron chi connectivity index (χ1n) is 5.86. The highest BCUT2D eigenvalue weighted by molar-refractivity contribution is 6.30. The molecule has 0 bridgehead atoms. The zero-order chi connectivity index (χ0) is 13.8. The van der Waals surface area contributed by atoms with Gasteiger partial charge < -0.3 is 10.6 Å². The zero-order valence-electron chi connectivity index (χ0n) is 10.7. The predicted molar refractivity (Wildman–Crippen MR) is 76.4 cm³/mol. The smallest absolute Gasteiger partial charge is 0.246 e. The van der Waals surface area contributed by atoms with Crippen LogP contribution in [-0.4, -0.2) is 21.7 Å². The minimum atomic E-state index is -0.372. The second-order valence-corrected chi connectivity index (χ2v) is 4.70. The second kappa shape index (κ2) is 5.75. The highest BCUT2D eigenvalue weighted by Crippen LogP contribution is 2.15. The Morgan fingerprint density at radius 2 is 2.21 bits per heavy atom. The summed E-state index contributed by atoms with van der Waals surface area (Å²) in [5, 5.41) is 10.5. The molecule has 0 spiro atoms. The van der Waals surface area contributed by atoms with Gasteiger partial charge in [-0.25, -0.2) is 0 Å². The average Bonchev–Trinajstić information content (AvgIpc) is 2.74. The summed E-state index contributed by atoms with van der Waals surface area (Å²) in [5.41, 5.74) is 1.48. The summed E-state index contributed by atoms with van der Waals surface area (Å²) in [4.78, 5) is 12.0. The van der Waals surface area contributed by atoms with Crippen LogP contribution in [0.15, 0.2) is 36.7 Å². The molecule has 0 aliphatic rings. The highest BCUT2D eigenvalue weighted by Gasteiger charge is 2.13.